The summed E-state index contributed by atoms with van der Waals surface area (Å²) in [5.74, 6) is -0.658. The first kappa shape index (κ1) is 16.7. The lowest BCUT2D eigenvalue weighted by atomic mass is 9.65. The van der Waals surface area contributed by atoms with Crippen LogP contribution in [0.3, 0.4) is 0 Å². The minimum Gasteiger partial charge on any atom is -0.321 e. The number of halogens is 1. The molecule has 2 amide bonds. The van der Waals surface area contributed by atoms with Gasteiger partial charge in [0.1, 0.15) is 5.82 Å². The van der Waals surface area contributed by atoms with Gasteiger partial charge in [0.15, 0.2) is 6.04 Å². The Morgan fingerprint density at radius 2 is 1.80 bits per heavy atom. The Kier molecular flexibility index (Phi) is 3.59. The largest absolute Gasteiger partial charge is 0.321 e. The molecule has 134 valence electrons. The third-order valence-electron chi connectivity index (χ3n) is 6.28. The summed E-state index contributed by atoms with van der Waals surface area (Å²) in [6.07, 6.45) is 3.68. The maximum Gasteiger partial charge on any atom is 0.292 e. The van der Waals surface area contributed by atoms with Crippen molar-refractivity contribution in [1.82, 2.24) is 0 Å². The highest BCUT2D eigenvalue weighted by Crippen LogP contribution is 2.47. The van der Waals surface area contributed by atoms with Crippen molar-refractivity contribution in [3.05, 3.63) is 30.1 Å². The third kappa shape index (κ3) is 2.78. The second-order valence-electron chi connectivity index (χ2n) is 9.31. The van der Waals surface area contributed by atoms with Gasteiger partial charge < -0.3 is 4.90 Å². The standard InChI is InChI=1S/C20H25FN2O2/c1-19(2)9-15-10-20(3,11-19)12-22(15)16-8-17(24)23(18(16)25)14-6-4-13(21)5-7-14/h4-7,15-16H,8-12H2,1-3H3/p+1/t15-,16+,20-/m0/s1. The van der Waals surface area contributed by atoms with Gasteiger partial charge in [-0.1, -0.05) is 20.8 Å². The van der Waals surface area contributed by atoms with Gasteiger partial charge in [0.2, 0.25) is 5.91 Å². The number of hydrogen-bond acceptors (Lipinski definition) is 2. The molecule has 1 aliphatic carbocycles. The first-order valence-electron chi connectivity index (χ1n) is 9.16. The zero-order valence-corrected chi connectivity index (χ0v) is 15.1. The fraction of sp³-hybridized carbons (Fsp3) is 0.600. The van der Waals surface area contributed by atoms with E-state index in [1.807, 2.05) is 0 Å². The third-order valence-corrected chi connectivity index (χ3v) is 6.28. The summed E-state index contributed by atoms with van der Waals surface area (Å²) >= 11 is 0. The van der Waals surface area contributed by atoms with Crippen molar-refractivity contribution < 1.29 is 18.9 Å². The fourth-order valence-corrected chi connectivity index (χ4v) is 5.86. The van der Waals surface area contributed by atoms with Crippen LogP contribution in [0.2, 0.25) is 0 Å². The molecule has 2 bridgehead atoms. The summed E-state index contributed by atoms with van der Waals surface area (Å²) < 4.78 is 13.2. The highest BCUT2D eigenvalue weighted by molar-refractivity contribution is 6.21. The number of anilines is 1. The second kappa shape index (κ2) is 5.37. The number of nitrogens with zero attached hydrogens (tertiary/aromatic N) is 1. The van der Waals surface area contributed by atoms with E-state index in [9.17, 15) is 14.0 Å². The highest BCUT2D eigenvalue weighted by atomic mass is 19.1. The molecule has 4 atom stereocenters. The molecule has 1 saturated carbocycles. The molecule has 1 N–H and O–H groups in total. The Morgan fingerprint density at radius 3 is 2.48 bits per heavy atom. The second-order valence-corrected chi connectivity index (χ2v) is 9.31. The molecule has 0 aromatic heterocycles. The average molecular weight is 345 g/mol. The van der Waals surface area contributed by atoms with Gasteiger partial charge in [0, 0.05) is 18.3 Å². The molecule has 1 aromatic rings. The molecule has 0 spiro atoms. The monoisotopic (exact) mass is 345 g/mol. The van der Waals surface area contributed by atoms with Crippen molar-refractivity contribution in [3.8, 4) is 0 Å². The van der Waals surface area contributed by atoms with Crippen molar-refractivity contribution in [2.45, 2.75) is 58.5 Å². The van der Waals surface area contributed by atoms with Crippen LogP contribution in [0.25, 0.3) is 0 Å². The molecule has 4 rings (SSSR count). The van der Waals surface area contributed by atoms with Gasteiger partial charge in [0.05, 0.1) is 24.7 Å². The number of carbonyl (C=O) groups excluding carboxylic acids is 2. The van der Waals surface area contributed by atoms with E-state index in [-0.39, 0.29) is 35.5 Å². The van der Waals surface area contributed by atoms with E-state index in [1.54, 1.807) is 0 Å². The summed E-state index contributed by atoms with van der Waals surface area (Å²) in [6.45, 7) is 7.91. The lowest BCUT2D eigenvalue weighted by Gasteiger charge is -2.37. The first-order valence-corrected chi connectivity index (χ1v) is 9.16. The van der Waals surface area contributed by atoms with Gasteiger partial charge in [0.25, 0.3) is 5.91 Å². The number of nitrogens with one attached hydrogen (secondary N) is 1. The minimum atomic E-state index is -0.367. The van der Waals surface area contributed by atoms with Crippen LogP contribution in [0.5, 0.6) is 0 Å². The Morgan fingerprint density at radius 1 is 1.12 bits per heavy atom. The summed E-state index contributed by atoms with van der Waals surface area (Å²) in [5.41, 5.74) is 1.03. The Bertz CT molecular complexity index is 730. The number of fused-ring (bicyclic) bond motifs is 2. The van der Waals surface area contributed by atoms with E-state index in [0.717, 1.165) is 19.4 Å². The fourth-order valence-electron chi connectivity index (χ4n) is 5.86. The smallest absolute Gasteiger partial charge is 0.292 e. The number of hydrogen-bond donors (Lipinski definition) is 1. The Labute approximate surface area is 148 Å². The van der Waals surface area contributed by atoms with Gasteiger partial charge >= 0.3 is 0 Å². The van der Waals surface area contributed by atoms with Crippen molar-refractivity contribution in [2.24, 2.45) is 10.8 Å². The van der Waals surface area contributed by atoms with Crippen LogP contribution in [-0.4, -0.2) is 30.4 Å². The average Bonchev–Trinajstić information content (AvgIpc) is 2.92. The summed E-state index contributed by atoms with van der Waals surface area (Å²) in [6, 6.07) is 5.76. The van der Waals surface area contributed by atoms with Crippen LogP contribution in [0, 0.1) is 16.6 Å². The molecule has 5 heteroatoms. The zero-order valence-electron chi connectivity index (χ0n) is 15.1. The maximum absolute atomic E-state index is 13.2. The van der Waals surface area contributed by atoms with Gasteiger partial charge in [-0.2, -0.15) is 0 Å². The van der Waals surface area contributed by atoms with E-state index in [2.05, 4.69) is 20.8 Å². The lowest BCUT2D eigenvalue weighted by Crippen LogP contribution is -3.18. The quantitative estimate of drug-likeness (QED) is 0.833. The van der Waals surface area contributed by atoms with Crippen LogP contribution >= 0.6 is 0 Å². The maximum atomic E-state index is 13.2. The number of quaternary nitrogens is 1. The summed E-state index contributed by atoms with van der Waals surface area (Å²) in [7, 11) is 0. The predicted molar refractivity (Wildman–Crippen MR) is 92.7 cm³/mol. The normalized spacial score (nSPS) is 37.0. The molecule has 25 heavy (non-hydrogen) atoms. The SMILES string of the molecule is CC1(C)C[C@H]2C[C@](C)(C[NH+]2[C@@H]2CC(=O)N(c3ccc(F)cc3)C2=O)C1. The topological polar surface area (TPSA) is 41.8 Å². The molecule has 2 saturated heterocycles. The lowest BCUT2D eigenvalue weighted by molar-refractivity contribution is -0.929. The van der Waals surface area contributed by atoms with Gasteiger partial charge in [-0.3, -0.25) is 9.59 Å². The van der Waals surface area contributed by atoms with E-state index in [0.29, 0.717) is 17.1 Å². The molecule has 3 fully saturated rings. The van der Waals surface area contributed by atoms with E-state index in [1.165, 1.54) is 40.5 Å². The molecule has 1 unspecified atom stereocenters. The molecular weight excluding hydrogens is 319 g/mol. The van der Waals surface area contributed by atoms with Gasteiger partial charge in [-0.15, -0.1) is 0 Å². The van der Waals surface area contributed by atoms with Crippen LogP contribution in [0.4, 0.5) is 10.1 Å². The molecule has 2 aliphatic heterocycles. The van der Waals surface area contributed by atoms with Gasteiger partial charge in [-0.25, -0.2) is 9.29 Å². The number of imide groups is 1. The number of benzene rings is 1. The van der Waals surface area contributed by atoms with E-state index >= 15 is 0 Å². The Balaban J connectivity index is 1.59. The molecule has 2 heterocycles. The molecule has 4 nitrogen and oxygen atoms in total. The summed E-state index contributed by atoms with van der Waals surface area (Å²) in [4.78, 5) is 28.1. The molecular formula is C20H26FN2O2+. The van der Waals surface area contributed by atoms with Crippen molar-refractivity contribution in [1.29, 1.82) is 0 Å². The number of amides is 2. The molecule has 0 radical (unpaired) electrons. The molecule has 3 aliphatic rings. The minimum absolute atomic E-state index is 0.124. The number of likely N-dealkylation sites (tertiary alicyclic amines) is 1. The van der Waals surface area contributed by atoms with Crippen LogP contribution in [-0.2, 0) is 9.59 Å². The highest BCUT2D eigenvalue weighted by Gasteiger charge is 2.58. The van der Waals surface area contributed by atoms with Crippen LogP contribution < -0.4 is 9.80 Å². The first-order chi connectivity index (χ1) is 11.7. The molecule has 1 aromatic carbocycles. The number of carbonyl (C=O) groups is 2. The van der Waals surface area contributed by atoms with Crippen molar-refractivity contribution >= 4 is 17.5 Å². The van der Waals surface area contributed by atoms with Crippen molar-refractivity contribution in [2.75, 3.05) is 11.4 Å². The number of rotatable bonds is 2. The predicted octanol–water partition coefficient (Wildman–Crippen LogP) is 1.94. The van der Waals surface area contributed by atoms with Crippen LogP contribution in [0.1, 0.15) is 46.5 Å². The zero-order chi connectivity index (χ0) is 18.0. The van der Waals surface area contributed by atoms with Crippen LogP contribution in [0.15, 0.2) is 24.3 Å². The van der Waals surface area contributed by atoms with Gasteiger partial charge in [-0.05, 0) is 36.1 Å². The summed E-state index contributed by atoms with van der Waals surface area (Å²) in [5, 5.41) is 0. The van der Waals surface area contributed by atoms with E-state index < -0.39 is 0 Å². The Hall–Kier alpha value is -1.75. The van der Waals surface area contributed by atoms with E-state index in [4.69, 9.17) is 0 Å². The van der Waals surface area contributed by atoms with Crippen molar-refractivity contribution in [3.63, 3.8) is 0 Å².